The highest BCUT2D eigenvalue weighted by Gasteiger charge is 2.28. The normalized spacial score (nSPS) is 18.0. The number of fused-ring (bicyclic) bond motifs is 3. The molecule has 0 aliphatic carbocycles. The molecule has 1 aliphatic rings. The van der Waals surface area contributed by atoms with Crippen LogP contribution in [-0.4, -0.2) is 23.8 Å². The van der Waals surface area contributed by atoms with Gasteiger partial charge >= 0.3 is 5.97 Å². The van der Waals surface area contributed by atoms with Crippen LogP contribution in [0.5, 0.6) is 0 Å². The highest BCUT2D eigenvalue weighted by atomic mass is 79.9. The van der Waals surface area contributed by atoms with Gasteiger partial charge in [-0.15, -0.1) is 0 Å². The van der Waals surface area contributed by atoms with Crippen LogP contribution in [0.25, 0.3) is 10.9 Å². The Morgan fingerprint density at radius 1 is 1.48 bits per heavy atom. The van der Waals surface area contributed by atoms with Crippen LogP contribution in [0.2, 0.25) is 0 Å². The number of hydrogen-bond donors (Lipinski definition) is 1. The lowest BCUT2D eigenvalue weighted by atomic mass is 9.88. The fraction of sp³-hybridized carbons (Fsp3) is 0.500. The Balaban J connectivity index is 2.26. The first-order valence-electron chi connectivity index (χ1n) is 8.20. The summed E-state index contributed by atoms with van der Waals surface area (Å²) in [6.45, 7) is 7.83. The maximum Gasteiger partial charge on any atom is 0.329 e. The SMILES string of the molecule is CC(=O)On1c2c(c3c(Br)cccc31)C(CC(C)C)CNCC2. The molecule has 0 spiro atoms. The van der Waals surface area contributed by atoms with Crippen LogP contribution in [0.1, 0.15) is 44.4 Å². The van der Waals surface area contributed by atoms with Gasteiger partial charge < -0.3 is 10.2 Å². The number of aromatic nitrogens is 1. The van der Waals surface area contributed by atoms with E-state index in [1.807, 2.05) is 12.1 Å². The number of benzene rings is 1. The Morgan fingerprint density at radius 2 is 2.26 bits per heavy atom. The predicted molar refractivity (Wildman–Crippen MR) is 95.7 cm³/mol. The van der Waals surface area contributed by atoms with Gasteiger partial charge in [-0.2, -0.15) is 4.73 Å². The summed E-state index contributed by atoms with van der Waals surface area (Å²) in [7, 11) is 0. The summed E-state index contributed by atoms with van der Waals surface area (Å²) in [4.78, 5) is 17.2. The minimum atomic E-state index is -0.290. The average Bonchev–Trinajstić information content (AvgIpc) is 2.63. The van der Waals surface area contributed by atoms with Crippen LogP contribution in [0.4, 0.5) is 0 Å². The molecule has 0 radical (unpaired) electrons. The van der Waals surface area contributed by atoms with Crippen LogP contribution >= 0.6 is 15.9 Å². The predicted octanol–water partition coefficient (Wildman–Crippen LogP) is 3.65. The van der Waals surface area contributed by atoms with E-state index in [1.165, 1.54) is 17.9 Å². The molecule has 0 fully saturated rings. The summed E-state index contributed by atoms with van der Waals surface area (Å²) >= 11 is 3.70. The van der Waals surface area contributed by atoms with Crippen molar-refractivity contribution in [2.75, 3.05) is 13.1 Å². The Morgan fingerprint density at radius 3 is 2.96 bits per heavy atom. The van der Waals surface area contributed by atoms with Gasteiger partial charge in [0, 0.05) is 36.3 Å². The Hall–Kier alpha value is -1.33. The van der Waals surface area contributed by atoms with Crippen molar-refractivity contribution < 1.29 is 9.63 Å². The van der Waals surface area contributed by atoms with Crippen LogP contribution in [0, 0.1) is 5.92 Å². The summed E-state index contributed by atoms with van der Waals surface area (Å²) in [5, 5.41) is 4.71. The zero-order chi connectivity index (χ0) is 16.6. The molecule has 124 valence electrons. The molecule has 3 rings (SSSR count). The molecular weight excluding hydrogens is 356 g/mol. The zero-order valence-corrected chi connectivity index (χ0v) is 15.4. The summed E-state index contributed by atoms with van der Waals surface area (Å²) in [6.07, 6.45) is 1.97. The van der Waals surface area contributed by atoms with E-state index in [0.29, 0.717) is 11.8 Å². The molecule has 5 heteroatoms. The number of rotatable bonds is 3. The van der Waals surface area contributed by atoms with E-state index in [-0.39, 0.29) is 5.97 Å². The van der Waals surface area contributed by atoms with Crippen molar-refractivity contribution in [1.82, 2.24) is 10.0 Å². The van der Waals surface area contributed by atoms with E-state index in [4.69, 9.17) is 4.84 Å². The van der Waals surface area contributed by atoms with E-state index < -0.39 is 0 Å². The number of carbonyl (C=O) groups is 1. The average molecular weight is 379 g/mol. The Labute approximate surface area is 145 Å². The molecule has 1 aromatic heterocycles. The molecule has 1 unspecified atom stereocenters. The lowest BCUT2D eigenvalue weighted by Gasteiger charge is -2.18. The van der Waals surface area contributed by atoms with Gasteiger partial charge in [-0.25, -0.2) is 4.79 Å². The van der Waals surface area contributed by atoms with Crippen molar-refractivity contribution in [2.24, 2.45) is 5.92 Å². The van der Waals surface area contributed by atoms with Gasteiger partial charge in [-0.05, 0) is 36.0 Å². The van der Waals surface area contributed by atoms with E-state index in [2.05, 4.69) is 41.2 Å². The van der Waals surface area contributed by atoms with Gasteiger partial charge in [0.15, 0.2) is 0 Å². The van der Waals surface area contributed by atoms with E-state index >= 15 is 0 Å². The van der Waals surface area contributed by atoms with Crippen LogP contribution in [0.3, 0.4) is 0 Å². The van der Waals surface area contributed by atoms with Crippen molar-refractivity contribution in [3.8, 4) is 0 Å². The van der Waals surface area contributed by atoms with Gasteiger partial charge in [0.2, 0.25) is 0 Å². The summed E-state index contributed by atoms with van der Waals surface area (Å²) in [5.74, 6) is 0.746. The molecule has 0 bridgehead atoms. The molecule has 2 heterocycles. The third-order valence-corrected chi connectivity index (χ3v) is 5.01. The lowest BCUT2D eigenvalue weighted by molar-refractivity contribution is -0.141. The summed E-state index contributed by atoms with van der Waals surface area (Å²) in [6, 6.07) is 6.07. The monoisotopic (exact) mass is 378 g/mol. The van der Waals surface area contributed by atoms with Gasteiger partial charge in [0.25, 0.3) is 0 Å². The highest BCUT2D eigenvalue weighted by molar-refractivity contribution is 9.10. The maximum absolute atomic E-state index is 11.6. The van der Waals surface area contributed by atoms with Crippen molar-refractivity contribution in [1.29, 1.82) is 0 Å². The quantitative estimate of drug-likeness (QED) is 0.885. The van der Waals surface area contributed by atoms with Crippen molar-refractivity contribution >= 4 is 32.8 Å². The second kappa shape index (κ2) is 6.65. The molecular formula is C18H23BrN2O2. The number of nitrogens with zero attached hydrogens (tertiary/aromatic N) is 1. The van der Waals surface area contributed by atoms with E-state index in [1.54, 1.807) is 4.73 Å². The topological polar surface area (TPSA) is 43.3 Å². The van der Waals surface area contributed by atoms with Gasteiger partial charge in [0.1, 0.15) is 0 Å². The molecule has 0 saturated heterocycles. The summed E-state index contributed by atoms with van der Waals surface area (Å²) in [5.41, 5.74) is 3.42. The third-order valence-electron chi connectivity index (χ3n) is 4.35. The largest absolute Gasteiger partial charge is 0.337 e. The molecule has 2 aromatic rings. The minimum absolute atomic E-state index is 0.290. The first-order chi connectivity index (χ1) is 11.0. The highest BCUT2D eigenvalue weighted by Crippen LogP contribution is 2.39. The molecule has 23 heavy (non-hydrogen) atoms. The molecule has 4 nitrogen and oxygen atoms in total. The van der Waals surface area contributed by atoms with E-state index in [0.717, 1.165) is 41.6 Å². The number of carbonyl (C=O) groups excluding carboxylic acids is 1. The first-order valence-corrected chi connectivity index (χ1v) is 8.99. The van der Waals surface area contributed by atoms with Crippen LogP contribution in [-0.2, 0) is 11.2 Å². The number of hydrogen-bond acceptors (Lipinski definition) is 3. The van der Waals surface area contributed by atoms with Crippen molar-refractivity contribution in [2.45, 2.75) is 39.5 Å². The molecule has 1 aliphatic heterocycles. The molecule has 0 amide bonds. The van der Waals surface area contributed by atoms with Crippen molar-refractivity contribution in [3.05, 3.63) is 33.9 Å². The maximum atomic E-state index is 11.6. The first kappa shape index (κ1) is 16.5. The zero-order valence-electron chi connectivity index (χ0n) is 13.9. The van der Waals surface area contributed by atoms with Gasteiger partial charge in [-0.1, -0.05) is 35.8 Å². The number of nitrogens with one attached hydrogen (secondary N) is 1. The van der Waals surface area contributed by atoms with Crippen molar-refractivity contribution in [3.63, 3.8) is 0 Å². The second-order valence-electron chi connectivity index (χ2n) is 6.65. The van der Waals surface area contributed by atoms with Crippen LogP contribution in [0.15, 0.2) is 22.7 Å². The number of halogens is 1. The fourth-order valence-corrected chi connectivity index (χ4v) is 4.18. The van der Waals surface area contributed by atoms with Gasteiger partial charge in [-0.3, -0.25) is 0 Å². The summed E-state index contributed by atoms with van der Waals surface area (Å²) < 4.78 is 2.81. The molecule has 1 atom stereocenters. The van der Waals surface area contributed by atoms with Crippen LogP contribution < -0.4 is 10.2 Å². The third kappa shape index (κ3) is 3.17. The second-order valence-corrected chi connectivity index (χ2v) is 7.51. The molecule has 1 aromatic carbocycles. The minimum Gasteiger partial charge on any atom is -0.337 e. The van der Waals surface area contributed by atoms with Gasteiger partial charge in [0.05, 0.1) is 11.2 Å². The fourth-order valence-electron chi connectivity index (χ4n) is 3.61. The lowest BCUT2D eigenvalue weighted by Crippen LogP contribution is -2.22. The standard InChI is InChI=1S/C18H23BrN2O2/c1-11(2)9-13-10-20-8-7-16-17(13)18-14(19)5-4-6-15(18)21(16)23-12(3)22/h4-6,11,13,20H,7-10H2,1-3H3. The van der Waals surface area contributed by atoms with E-state index in [9.17, 15) is 4.79 Å². The Bertz CT molecular complexity index is 736. The smallest absolute Gasteiger partial charge is 0.329 e. The molecule has 0 saturated carbocycles. The molecule has 1 N–H and O–H groups in total. The Kier molecular flexibility index (Phi) is 4.78.